The van der Waals surface area contributed by atoms with E-state index in [1.54, 1.807) is 0 Å². The van der Waals surface area contributed by atoms with Gasteiger partial charge in [0.1, 0.15) is 0 Å². The van der Waals surface area contributed by atoms with Crippen LogP contribution in [0.5, 0.6) is 0 Å². The Kier molecular flexibility index (Phi) is 3.49. The fourth-order valence-electron chi connectivity index (χ4n) is 1.15. The minimum absolute atomic E-state index is 0.249. The number of benzene rings is 1. The molecular formula is C10H5F7. The minimum Gasteiger partial charge on any atom is -0.215 e. The van der Waals surface area contributed by atoms with Crippen LogP contribution in [0.1, 0.15) is 11.1 Å². The van der Waals surface area contributed by atoms with Crippen molar-refractivity contribution in [2.75, 3.05) is 0 Å². The Hall–Kier alpha value is -1.53. The second kappa shape index (κ2) is 4.38. The van der Waals surface area contributed by atoms with E-state index in [-0.39, 0.29) is 6.07 Å². The van der Waals surface area contributed by atoms with Crippen molar-refractivity contribution in [3.8, 4) is 0 Å². The normalized spacial score (nSPS) is 13.9. The quantitative estimate of drug-likeness (QED) is 0.647. The van der Waals surface area contributed by atoms with Gasteiger partial charge in [-0.25, -0.2) is 4.39 Å². The molecule has 0 aromatic heterocycles. The van der Waals surface area contributed by atoms with Gasteiger partial charge in [-0.05, 0) is 17.7 Å². The van der Waals surface area contributed by atoms with Crippen LogP contribution in [0.2, 0.25) is 0 Å². The van der Waals surface area contributed by atoms with E-state index < -0.39 is 35.4 Å². The van der Waals surface area contributed by atoms with E-state index in [0.29, 0.717) is 6.07 Å². The zero-order chi connectivity index (χ0) is 13.3. The van der Waals surface area contributed by atoms with Crippen LogP contribution in [0.4, 0.5) is 30.7 Å². The zero-order valence-electron chi connectivity index (χ0n) is 8.03. The molecule has 7 heteroatoms. The number of rotatable bonds is 1. The third-order valence-corrected chi connectivity index (χ3v) is 1.92. The topological polar surface area (TPSA) is 0 Å². The lowest BCUT2D eigenvalue weighted by Crippen LogP contribution is -2.12. The van der Waals surface area contributed by atoms with E-state index in [4.69, 9.17) is 0 Å². The molecule has 0 amide bonds. The van der Waals surface area contributed by atoms with Crippen LogP contribution in [-0.4, -0.2) is 6.18 Å². The molecule has 0 heterocycles. The number of halogens is 7. The standard InChI is InChI=1S/C10H5F7/c11-5-8(10(15,16)17)6-2-1-3-7(4-6)9(12,13)14/h1-5H. The Morgan fingerprint density at radius 2 is 1.59 bits per heavy atom. The average molecular weight is 258 g/mol. The molecule has 0 spiro atoms. The highest BCUT2D eigenvalue weighted by Gasteiger charge is 2.37. The second-order valence-electron chi connectivity index (χ2n) is 3.10. The van der Waals surface area contributed by atoms with Gasteiger partial charge in [0.05, 0.1) is 17.5 Å². The molecule has 0 aliphatic carbocycles. The summed E-state index contributed by atoms with van der Waals surface area (Å²) in [4.78, 5) is 0. The van der Waals surface area contributed by atoms with E-state index >= 15 is 0 Å². The van der Waals surface area contributed by atoms with Crippen molar-refractivity contribution in [1.29, 1.82) is 0 Å². The van der Waals surface area contributed by atoms with Gasteiger partial charge in [-0.3, -0.25) is 0 Å². The molecule has 0 atom stereocenters. The number of hydrogen-bond acceptors (Lipinski definition) is 0. The summed E-state index contributed by atoms with van der Waals surface area (Å²) in [6.45, 7) is 0. The van der Waals surface area contributed by atoms with Gasteiger partial charge in [-0.2, -0.15) is 26.3 Å². The van der Waals surface area contributed by atoms with Gasteiger partial charge in [-0.1, -0.05) is 12.1 Å². The van der Waals surface area contributed by atoms with Gasteiger partial charge in [-0.15, -0.1) is 0 Å². The van der Waals surface area contributed by atoms with Crippen molar-refractivity contribution >= 4 is 5.57 Å². The summed E-state index contributed by atoms with van der Waals surface area (Å²) in [6.07, 6.45) is -10.6. The average Bonchev–Trinajstić information content (AvgIpc) is 2.15. The highest BCUT2D eigenvalue weighted by Crippen LogP contribution is 2.36. The van der Waals surface area contributed by atoms with Crippen molar-refractivity contribution in [1.82, 2.24) is 0 Å². The third kappa shape index (κ3) is 3.21. The molecule has 0 radical (unpaired) electrons. The number of allylic oxidation sites excluding steroid dienone is 1. The first-order chi connectivity index (χ1) is 7.66. The van der Waals surface area contributed by atoms with Crippen molar-refractivity contribution < 1.29 is 30.7 Å². The number of alkyl halides is 6. The largest absolute Gasteiger partial charge is 0.419 e. The molecule has 0 saturated heterocycles. The first-order valence-electron chi connectivity index (χ1n) is 4.21. The predicted molar refractivity (Wildman–Crippen MR) is 46.6 cm³/mol. The molecule has 94 valence electrons. The minimum atomic E-state index is -5.04. The molecule has 0 aliphatic rings. The van der Waals surface area contributed by atoms with E-state index in [0.717, 1.165) is 12.1 Å². The lowest BCUT2D eigenvalue weighted by molar-refractivity contribution is -0.137. The van der Waals surface area contributed by atoms with Crippen molar-refractivity contribution in [2.45, 2.75) is 12.4 Å². The lowest BCUT2D eigenvalue weighted by atomic mass is 10.0. The lowest BCUT2D eigenvalue weighted by Gasteiger charge is -2.12. The molecular weight excluding hydrogens is 253 g/mol. The van der Waals surface area contributed by atoms with Crippen molar-refractivity contribution in [3.63, 3.8) is 0 Å². The Labute approximate surface area is 91.4 Å². The summed E-state index contributed by atoms with van der Waals surface area (Å²) in [6, 6.07) is 2.40. The van der Waals surface area contributed by atoms with Gasteiger partial charge in [0.25, 0.3) is 0 Å². The highest BCUT2D eigenvalue weighted by atomic mass is 19.4. The molecule has 0 aliphatic heterocycles. The third-order valence-electron chi connectivity index (χ3n) is 1.92. The number of hydrogen-bond donors (Lipinski definition) is 0. The summed E-state index contributed by atoms with van der Waals surface area (Å²) in [7, 11) is 0. The van der Waals surface area contributed by atoms with Crippen LogP contribution in [-0.2, 0) is 6.18 Å². The summed E-state index contributed by atoms with van der Waals surface area (Å²) >= 11 is 0. The maximum Gasteiger partial charge on any atom is 0.419 e. The smallest absolute Gasteiger partial charge is 0.215 e. The Morgan fingerprint density at radius 1 is 1.00 bits per heavy atom. The maximum absolute atomic E-state index is 12.2. The molecule has 0 bridgehead atoms. The van der Waals surface area contributed by atoms with Crippen molar-refractivity contribution in [2.24, 2.45) is 0 Å². The van der Waals surface area contributed by atoms with E-state index in [1.165, 1.54) is 0 Å². The molecule has 0 saturated carbocycles. The monoisotopic (exact) mass is 258 g/mol. The van der Waals surface area contributed by atoms with Crippen LogP contribution in [0.15, 0.2) is 30.6 Å². The van der Waals surface area contributed by atoms with Crippen molar-refractivity contribution in [3.05, 3.63) is 41.7 Å². The Bertz CT molecular complexity index is 425. The molecule has 1 aromatic carbocycles. The summed E-state index contributed by atoms with van der Waals surface area (Å²) in [5.74, 6) is 0. The molecule has 0 N–H and O–H groups in total. The van der Waals surface area contributed by atoms with Crippen LogP contribution >= 0.6 is 0 Å². The molecule has 0 unspecified atom stereocenters. The fraction of sp³-hybridized carbons (Fsp3) is 0.200. The molecule has 1 aromatic rings. The van der Waals surface area contributed by atoms with Crippen LogP contribution in [0.25, 0.3) is 5.57 Å². The van der Waals surface area contributed by atoms with Gasteiger partial charge >= 0.3 is 12.4 Å². The fourth-order valence-corrected chi connectivity index (χ4v) is 1.15. The molecule has 0 nitrogen and oxygen atoms in total. The first kappa shape index (κ1) is 13.5. The highest BCUT2D eigenvalue weighted by molar-refractivity contribution is 5.69. The SMILES string of the molecule is FC=C(c1cccc(C(F)(F)F)c1)C(F)(F)F. The van der Waals surface area contributed by atoms with Gasteiger partial charge in [0.15, 0.2) is 0 Å². The summed E-state index contributed by atoms with van der Waals surface area (Å²) in [5, 5.41) is 0. The van der Waals surface area contributed by atoms with Crippen LogP contribution < -0.4 is 0 Å². The van der Waals surface area contributed by atoms with Gasteiger partial charge < -0.3 is 0 Å². The van der Waals surface area contributed by atoms with E-state index in [1.807, 2.05) is 0 Å². The van der Waals surface area contributed by atoms with Crippen LogP contribution in [0, 0.1) is 0 Å². The molecule has 17 heavy (non-hydrogen) atoms. The predicted octanol–water partition coefficient (Wildman–Crippen LogP) is 4.58. The molecule has 1 rings (SSSR count). The van der Waals surface area contributed by atoms with Gasteiger partial charge in [0.2, 0.25) is 0 Å². The molecule has 0 fully saturated rings. The Balaban J connectivity index is 3.25. The van der Waals surface area contributed by atoms with Crippen LogP contribution in [0.3, 0.4) is 0 Å². The van der Waals surface area contributed by atoms with E-state index in [9.17, 15) is 30.7 Å². The Morgan fingerprint density at radius 3 is 2.00 bits per heavy atom. The summed E-state index contributed by atoms with van der Waals surface area (Å²) in [5.41, 5.74) is -3.88. The summed E-state index contributed by atoms with van der Waals surface area (Å²) < 4.78 is 85.6. The zero-order valence-corrected chi connectivity index (χ0v) is 8.03. The second-order valence-corrected chi connectivity index (χ2v) is 3.10. The first-order valence-corrected chi connectivity index (χ1v) is 4.21. The van der Waals surface area contributed by atoms with Gasteiger partial charge in [0, 0.05) is 0 Å². The van der Waals surface area contributed by atoms with E-state index in [2.05, 4.69) is 0 Å². The maximum atomic E-state index is 12.2.